The Labute approximate surface area is 98.0 Å². The average Bonchev–Trinajstić information content (AvgIpc) is 2.85. The van der Waals surface area contributed by atoms with Crippen molar-refractivity contribution in [3.63, 3.8) is 0 Å². The molecule has 1 aliphatic carbocycles. The van der Waals surface area contributed by atoms with E-state index in [0.29, 0.717) is 0 Å². The second kappa shape index (κ2) is 4.21. The first-order chi connectivity index (χ1) is 6.66. The molecule has 2 unspecified atom stereocenters. The highest BCUT2D eigenvalue weighted by Gasteiger charge is 2.31. The van der Waals surface area contributed by atoms with E-state index in [2.05, 4.69) is 40.3 Å². The molecule has 76 valence electrons. The summed E-state index contributed by atoms with van der Waals surface area (Å²) in [5.41, 5.74) is 1.28. The van der Waals surface area contributed by atoms with Gasteiger partial charge in [-0.2, -0.15) is 0 Å². The summed E-state index contributed by atoms with van der Waals surface area (Å²) < 4.78 is 0.974. The van der Waals surface area contributed by atoms with Gasteiger partial charge in [0.05, 0.1) is 5.02 Å². The molecule has 3 heteroatoms. The molecule has 0 bridgehead atoms. The zero-order chi connectivity index (χ0) is 10.1. The lowest BCUT2D eigenvalue weighted by atomic mass is 10.2. The van der Waals surface area contributed by atoms with Gasteiger partial charge in [-0.15, -0.1) is 0 Å². The smallest absolute Gasteiger partial charge is 0.0548 e. The Hall–Kier alpha value is -0.0500. The lowest BCUT2D eigenvalue weighted by Gasteiger charge is -2.04. The normalized spacial score (nSPS) is 25.1. The van der Waals surface area contributed by atoms with E-state index in [1.807, 2.05) is 6.07 Å². The third-order valence-corrected chi connectivity index (χ3v) is 3.88. The predicted molar refractivity (Wildman–Crippen MR) is 63.6 cm³/mol. The van der Waals surface area contributed by atoms with E-state index in [9.17, 15) is 0 Å². The third kappa shape index (κ3) is 2.50. The van der Waals surface area contributed by atoms with Gasteiger partial charge in [-0.05, 0) is 46.0 Å². The maximum absolute atomic E-state index is 5.91. The number of nitrogens with one attached hydrogen (secondary N) is 1. The third-order valence-electron chi connectivity index (χ3n) is 2.66. The molecule has 0 aliphatic heterocycles. The molecule has 0 aromatic heterocycles. The van der Waals surface area contributed by atoms with Crippen LogP contribution < -0.4 is 5.32 Å². The Morgan fingerprint density at radius 1 is 1.57 bits per heavy atom. The van der Waals surface area contributed by atoms with Gasteiger partial charge >= 0.3 is 0 Å². The molecule has 1 fully saturated rings. The molecule has 2 atom stereocenters. The molecule has 1 aromatic carbocycles. The summed E-state index contributed by atoms with van der Waals surface area (Å²) in [6.07, 6.45) is 1.31. The van der Waals surface area contributed by atoms with Crippen molar-refractivity contribution >= 4 is 27.5 Å². The highest BCUT2D eigenvalue weighted by atomic mass is 79.9. The minimum atomic E-state index is 0.726. The fraction of sp³-hybridized carbons (Fsp3) is 0.455. The summed E-state index contributed by atoms with van der Waals surface area (Å²) in [6.45, 7) is 3.21. The van der Waals surface area contributed by atoms with Crippen LogP contribution in [-0.4, -0.2) is 6.04 Å². The molecule has 1 saturated carbocycles. The zero-order valence-electron chi connectivity index (χ0n) is 8.06. The van der Waals surface area contributed by atoms with Crippen LogP contribution in [0, 0.1) is 5.92 Å². The number of hydrogen-bond acceptors (Lipinski definition) is 1. The molecule has 0 amide bonds. The van der Waals surface area contributed by atoms with Crippen molar-refractivity contribution in [1.29, 1.82) is 0 Å². The summed E-state index contributed by atoms with van der Waals surface area (Å²) in [5.74, 6) is 0.853. The largest absolute Gasteiger partial charge is 0.310 e. The monoisotopic (exact) mass is 273 g/mol. The van der Waals surface area contributed by atoms with Crippen LogP contribution in [0.25, 0.3) is 0 Å². The maximum Gasteiger partial charge on any atom is 0.0548 e. The molecule has 0 heterocycles. The van der Waals surface area contributed by atoms with Crippen molar-refractivity contribution in [3.05, 3.63) is 33.3 Å². The molecule has 1 aromatic rings. The fourth-order valence-electron chi connectivity index (χ4n) is 1.51. The molecule has 0 radical (unpaired) electrons. The molecule has 0 saturated heterocycles. The van der Waals surface area contributed by atoms with Crippen molar-refractivity contribution in [2.24, 2.45) is 5.92 Å². The Kier molecular flexibility index (Phi) is 3.15. The summed E-state index contributed by atoms with van der Waals surface area (Å²) in [6, 6.07) is 6.79. The van der Waals surface area contributed by atoms with Crippen LogP contribution in [0.2, 0.25) is 5.02 Å². The van der Waals surface area contributed by atoms with Crippen molar-refractivity contribution in [2.45, 2.75) is 25.9 Å². The number of halogens is 2. The van der Waals surface area contributed by atoms with Crippen molar-refractivity contribution in [3.8, 4) is 0 Å². The van der Waals surface area contributed by atoms with Gasteiger partial charge < -0.3 is 5.32 Å². The molecule has 1 aliphatic rings. The van der Waals surface area contributed by atoms with Crippen molar-refractivity contribution < 1.29 is 0 Å². The molecular weight excluding hydrogens is 261 g/mol. The molecule has 0 spiro atoms. The van der Waals surface area contributed by atoms with Gasteiger partial charge in [0.25, 0.3) is 0 Å². The van der Waals surface area contributed by atoms with Gasteiger partial charge in [0, 0.05) is 17.1 Å². The highest BCUT2D eigenvalue weighted by Crippen LogP contribution is 2.29. The first-order valence-corrected chi connectivity index (χ1v) is 6.01. The lowest BCUT2D eigenvalue weighted by molar-refractivity contribution is 0.652. The van der Waals surface area contributed by atoms with E-state index in [1.165, 1.54) is 12.0 Å². The van der Waals surface area contributed by atoms with E-state index in [0.717, 1.165) is 28.0 Å². The quantitative estimate of drug-likeness (QED) is 0.888. The number of rotatable bonds is 3. The maximum atomic E-state index is 5.91. The number of hydrogen-bond donors (Lipinski definition) is 1. The SMILES string of the molecule is CC1CC1NCc1ccc(Cl)c(Br)c1. The second-order valence-electron chi connectivity index (χ2n) is 3.95. The van der Waals surface area contributed by atoms with E-state index >= 15 is 0 Å². The molecule has 1 N–H and O–H groups in total. The Balaban J connectivity index is 1.92. The highest BCUT2D eigenvalue weighted by molar-refractivity contribution is 9.10. The molecular formula is C11H13BrClN. The van der Waals surface area contributed by atoms with Crippen LogP contribution >= 0.6 is 27.5 Å². The zero-order valence-corrected chi connectivity index (χ0v) is 10.4. The van der Waals surface area contributed by atoms with Crippen LogP contribution in [0.1, 0.15) is 18.9 Å². The van der Waals surface area contributed by atoms with Crippen LogP contribution in [0.5, 0.6) is 0 Å². The topological polar surface area (TPSA) is 12.0 Å². The summed E-state index contributed by atoms with van der Waals surface area (Å²) in [5, 5.41) is 4.28. The molecule has 1 nitrogen and oxygen atoms in total. The standard InChI is InChI=1S/C11H13BrClN/c1-7-4-11(7)14-6-8-2-3-10(13)9(12)5-8/h2-3,5,7,11,14H,4,6H2,1H3. The van der Waals surface area contributed by atoms with Gasteiger partial charge in [0.1, 0.15) is 0 Å². The van der Waals surface area contributed by atoms with E-state index < -0.39 is 0 Å². The van der Waals surface area contributed by atoms with Crippen LogP contribution in [0.15, 0.2) is 22.7 Å². The van der Waals surface area contributed by atoms with E-state index in [4.69, 9.17) is 11.6 Å². The average molecular weight is 275 g/mol. The van der Waals surface area contributed by atoms with Crippen molar-refractivity contribution in [2.75, 3.05) is 0 Å². The van der Waals surface area contributed by atoms with Gasteiger partial charge in [-0.3, -0.25) is 0 Å². The molecule has 14 heavy (non-hydrogen) atoms. The van der Waals surface area contributed by atoms with Crippen LogP contribution in [0.4, 0.5) is 0 Å². The fourth-order valence-corrected chi connectivity index (χ4v) is 2.05. The van der Waals surface area contributed by atoms with Gasteiger partial charge in [-0.25, -0.2) is 0 Å². The van der Waals surface area contributed by atoms with Crippen molar-refractivity contribution in [1.82, 2.24) is 5.32 Å². The Bertz CT molecular complexity index is 340. The van der Waals surface area contributed by atoms with Crippen LogP contribution in [0.3, 0.4) is 0 Å². The first-order valence-electron chi connectivity index (χ1n) is 4.84. The summed E-state index contributed by atoms with van der Waals surface area (Å²) in [7, 11) is 0. The minimum Gasteiger partial charge on any atom is -0.310 e. The van der Waals surface area contributed by atoms with E-state index in [1.54, 1.807) is 0 Å². The lowest BCUT2D eigenvalue weighted by Crippen LogP contribution is -2.16. The Morgan fingerprint density at radius 2 is 2.29 bits per heavy atom. The summed E-state index contributed by atoms with van der Waals surface area (Å²) in [4.78, 5) is 0. The molecule has 2 rings (SSSR count). The minimum absolute atomic E-state index is 0.726. The Morgan fingerprint density at radius 3 is 2.86 bits per heavy atom. The van der Waals surface area contributed by atoms with Gasteiger partial charge in [0.2, 0.25) is 0 Å². The van der Waals surface area contributed by atoms with Crippen LogP contribution in [-0.2, 0) is 6.54 Å². The van der Waals surface area contributed by atoms with Gasteiger partial charge in [-0.1, -0.05) is 24.6 Å². The first kappa shape index (κ1) is 10.5. The predicted octanol–water partition coefficient (Wildman–Crippen LogP) is 3.60. The number of benzene rings is 1. The second-order valence-corrected chi connectivity index (χ2v) is 5.21. The van der Waals surface area contributed by atoms with E-state index in [-0.39, 0.29) is 0 Å². The summed E-state index contributed by atoms with van der Waals surface area (Å²) >= 11 is 9.33. The van der Waals surface area contributed by atoms with Gasteiger partial charge in [0.15, 0.2) is 0 Å².